The van der Waals surface area contributed by atoms with E-state index in [2.05, 4.69) is 0 Å². The van der Waals surface area contributed by atoms with Gasteiger partial charge < -0.3 is 5.11 Å². The first-order valence-electron chi connectivity index (χ1n) is 5.97. The smallest absolute Gasteiger partial charge is 0.277 e. The van der Waals surface area contributed by atoms with Gasteiger partial charge in [-0.1, -0.05) is 41.5 Å². The number of nitro groups is 1. The van der Waals surface area contributed by atoms with Crippen molar-refractivity contribution in [1.29, 1.82) is 0 Å². The average molecular weight is 251 g/mol. The van der Waals surface area contributed by atoms with Crippen LogP contribution in [0.15, 0.2) is 12.1 Å². The van der Waals surface area contributed by atoms with Gasteiger partial charge in [0, 0.05) is 11.1 Å². The van der Waals surface area contributed by atoms with Crippen molar-refractivity contribution in [3.8, 4) is 5.75 Å². The van der Waals surface area contributed by atoms with E-state index in [0.29, 0.717) is 11.1 Å². The van der Waals surface area contributed by atoms with E-state index in [9.17, 15) is 15.2 Å². The van der Waals surface area contributed by atoms with Crippen molar-refractivity contribution in [2.75, 3.05) is 0 Å². The molecule has 0 aliphatic rings. The highest BCUT2D eigenvalue weighted by Gasteiger charge is 2.33. The summed E-state index contributed by atoms with van der Waals surface area (Å²) in [6, 6.07) is 2.99. The number of phenolic OH excluding ortho intramolecular Hbond substituents is 1. The van der Waals surface area contributed by atoms with Gasteiger partial charge in [0.05, 0.1) is 4.92 Å². The molecule has 4 heteroatoms. The van der Waals surface area contributed by atoms with E-state index in [4.69, 9.17) is 0 Å². The highest BCUT2D eigenvalue weighted by Crippen LogP contribution is 2.41. The fourth-order valence-corrected chi connectivity index (χ4v) is 1.96. The zero-order valence-corrected chi connectivity index (χ0v) is 11.9. The summed E-state index contributed by atoms with van der Waals surface area (Å²) < 4.78 is 0. The molecular formula is C14H21NO3. The summed E-state index contributed by atoms with van der Waals surface area (Å²) in [5.74, 6) is 0.0791. The van der Waals surface area contributed by atoms with Crippen molar-refractivity contribution in [1.82, 2.24) is 0 Å². The van der Waals surface area contributed by atoms with E-state index < -0.39 is 0 Å². The molecule has 0 aromatic heterocycles. The zero-order chi connectivity index (χ0) is 14.3. The van der Waals surface area contributed by atoms with Gasteiger partial charge in [-0.15, -0.1) is 0 Å². The van der Waals surface area contributed by atoms with Gasteiger partial charge in [-0.05, 0) is 23.0 Å². The molecule has 18 heavy (non-hydrogen) atoms. The molecule has 0 amide bonds. The summed E-state index contributed by atoms with van der Waals surface area (Å²) >= 11 is 0. The largest absolute Gasteiger partial charge is 0.508 e. The molecule has 4 nitrogen and oxygen atoms in total. The second-order valence-corrected chi connectivity index (χ2v) is 6.65. The number of hydrogen-bond acceptors (Lipinski definition) is 3. The average Bonchev–Trinajstić information content (AvgIpc) is 2.12. The number of hydrogen-bond donors (Lipinski definition) is 1. The maximum atomic E-state index is 11.4. The molecule has 0 bridgehead atoms. The summed E-state index contributed by atoms with van der Waals surface area (Å²) in [6.45, 7) is 11.4. The van der Waals surface area contributed by atoms with Crippen molar-refractivity contribution < 1.29 is 10.0 Å². The summed E-state index contributed by atoms with van der Waals surface area (Å²) in [7, 11) is 0. The van der Waals surface area contributed by atoms with E-state index >= 15 is 0 Å². The van der Waals surface area contributed by atoms with E-state index in [1.54, 1.807) is 0 Å². The summed E-state index contributed by atoms with van der Waals surface area (Å²) in [6.07, 6.45) is 0. The Morgan fingerprint density at radius 2 is 1.33 bits per heavy atom. The summed E-state index contributed by atoms with van der Waals surface area (Å²) in [5.41, 5.74) is 0.477. The fourth-order valence-electron chi connectivity index (χ4n) is 1.96. The Labute approximate surface area is 108 Å². The highest BCUT2D eigenvalue weighted by atomic mass is 16.6. The van der Waals surface area contributed by atoms with Crippen LogP contribution in [0.1, 0.15) is 52.7 Å². The van der Waals surface area contributed by atoms with Crippen LogP contribution < -0.4 is 0 Å². The predicted octanol–water partition coefficient (Wildman–Crippen LogP) is 3.90. The lowest BCUT2D eigenvalue weighted by Crippen LogP contribution is -2.20. The van der Waals surface area contributed by atoms with Crippen LogP contribution in [0, 0.1) is 10.1 Å². The van der Waals surface area contributed by atoms with Gasteiger partial charge in [0.1, 0.15) is 5.75 Å². The van der Waals surface area contributed by atoms with Crippen molar-refractivity contribution in [2.24, 2.45) is 0 Å². The van der Waals surface area contributed by atoms with Crippen LogP contribution >= 0.6 is 0 Å². The first-order valence-corrected chi connectivity index (χ1v) is 5.97. The molecule has 0 aliphatic carbocycles. The third-order valence-corrected chi connectivity index (χ3v) is 2.89. The molecule has 0 saturated heterocycles. The predicted molar refractivity (Wildman–Crippen MR) is 72.2 cm³/mol. The van der Waals surface area contributed by atoms with Gasteiger partial charge in [-0.25, -0.2) is 0 Å². The van der Waals surface area contributed by atoms with Crippen LogP contribution in [0.4, 0.5) is 5.69 Å². The Hall–Kier alpha value is -1.58. The normalized spacial score (nSPS) is 12.6. The van der Waals surface area contributed by atoms with Crippen molar-refractivity contribution in [2.45, 2.75) is 52.4 Å². The Morgan fingerprint density at radius 3 is 1.56 bits per heavy atom. The molecule has 0 radical (unpaired) electrons. The molecule has 1 aromatic rings. The van der Waals surface area contributed by atoms with Crippen LogP contribution in [0.3, 0.4) is 0 Å². The number of nitrogens with zero attached hydrogens (tertiary/aromatic N) is 1. The third kappa shape index (κ3) is 2.81. The van der Waals surface area contributed by atoms with Gasteiger partial charge in [-0.2, -0.15) is 0 Å². The molecule has 0 unspecified atom stereocenters. The lowest BCUT2D eigenvalue weighted by Gasteiger charge is -2.25. The number of rotatable bonds is 1. The number of phenols is 1. The van der Waals surface area contributed by atoms with Gasteiger partial charge >= 0.3 is 0 Å². The molecule has 0 atom stereocenters. The molecule has 0 spiro atoms. The Bertz CT molecular complexity index is 444. The van der Waals surface area contributed by atoms with Gasteiger partial charge in [0.25, 0.3) is 5.69 Å². The minimum atomic E-state index is -0.388. The van der Waals surface area contributed by atoms with Gasteiger partial charge in [0.15, 0.2) is 0 Å². The van der Waals surface area contributed by atoms with Gasteiger partial charge in [-0.3, -0.25) is 10.1 Å². The molecule has 0 saturated carbocycles. The van der Waals surface area contributed by atoms with Crippen molar-refractivity contribution in [3.63, 3.8) is 0 Å². The SMILES string of the molecule is CC(C)(C)c1cc(O)cc(C(C)(C)C)c1[N+](=O)[O-]. The number of aromatic hydroxyl groups is 1. The van der Waals surface area contributed by atoms with Crippen molar-refractivity contribution in [3.05, 3.63) is 33.4 Å². The fraction of sp³-hybridized carbons (Fsp3) is 0.571. The monoisotopic (exact) mass is 251 g/mol. The van der Waals surface area contributed by atoms with E-state index in [0.717, 1.165) is 0 Å². The van der Waals surface area contributed by atoms with Crippen LogP contribution in [0.25, 0.3) is 0 Å². The van der Waals surface area contributed by atoms with Crippen LogP contribution in [-0.4, -0.2) is 10.0 Å². The Morgan fingerprint density at radius 1 is 1.00 bits per heavy atom. The van der Waals surface area contributed by atoms with E-state index in [-0.39, 0.29) is 27.2 Å². The standard InChI is InChI=1S/C14H21NO3/c1-13(2,3)10-7-9(16)8-11(14(4,5)6)12(10)15(17)18/h7-8,16H,1-6H3. The van der Waals surface area contributed by atoms with E-state index in [1.807, 2.05) is 41.5 Å². The second kappa shape index (κ2) is 4.26. The molecule has 1 rings (SSSR count). The molecular weight excluding hydrogens is 230 g/mol. The summed E-state index contributed by atoms with van der Waals surface area (Å²) in [4.78, 5) is 11.0. The number of benzene rings is 1. The zero-order valence-electron chi connectivity index (χ0n) is 11.9. The Kier molecular flexibility index (Phi) is 3.43. The minimum Gasteiger partial charge on any atom is -0.508 e. The maximum absolute atomic E-state index is 11.4. The molecule has 1 aromatic carbocycles. The van der Waals surface area contributed by atoms with Crippen molar-refractivity contribution >= 4 is 5.69 Å². The Balaban J connectivity index is 3.74. The van der Waals surface area contributed by atoms with Crippen LogP contribution in [0.2, 0.25) is 0 Å². The third-order valence-electron chi connectivity index (χ3n) is 2.89. The minimum absolute atomic E-state index is 0.0791. The van der Waals surface area contributed by atoms with E-state index in [1.165, 1.54) is 12.1 Å². The first-order chi connectivity index (χ1) is 7.94. The lowest BCUT2D eigenvalue weighted by atomic mass is 9.78. The molecule has 100 valence electrons. The first kappa shape index (κ1) is 14.5. The van der Waals surface area contributed by atoms with Crippen LogP contribution in [0.5, 0.6) is 5.75 Å². The number of nitro benzene ring substituents is 1. The molecule has 0 aliphatic heterocycles. The van der Waals surface area contributed by atoms with Crippen LogP contribution in [-0.2, 0) is 10.8 Å². The molecule has 0 fully saturated rings. The molecule has 0 heterocycles. The maximum Gasteiger partial charge on any atom is 0.277 e. The topological polar surface area (TPSA) is 63.4 Å². The summed E-state index contributed by atoms with van der Waals surface area (Å²) in [5, 5.41) is 21.2. The van der Waals surface area contributed by atoms with Gasteiger partial charge in [0.2, 0.25) is 0 Å². The quantitative estimate of drug-likeness (QED) is 0.608. The second-order valence-electron chi connectivity index (χ2n) is 6.65. The molecule has 1 N–H and O–H groups in total. The highest BCUT2D eigenvalue weighted by molar-refractivity contribution is 5.57. The lowest BCUT2D eigenvalue weighted by molar-refractivity contribution is -0.387.